The number of fused-ring (bicyclic) bond motifs is 1. The molecule has 0 fully saturated rings. The minimum Gasteiger partial charge on any atom is -0.395 e. The largest absolute Gasteiger partial charge is 0.395 e. The molecule has 1 unspecified atom stereocenters. The smallest absolute Gasteiger partial charge is 0.247 e. The number of carbonyl (C=O) groups excluding carboxylic acids is 1. The molecule has 0 radical (unpaired) electrons. The van der Waals surface area contributed by atoms with Gasteiger partial charge in [-0.1, -0.05) is 31.5 Å². The summed E-state index contributed by atoms with van der Waals surface area (Å²) in [5.74, 6) is 0.118. The maximum absolute atomic E-state index is 12.7. The molecule has 1 aliphatic heterocycles. The first-order valence-corrected chi connectivity index (χ1v) is 7.51. The molecule has 3 nitrogen and oxygen atoms in total. The van der Waals surface area contributed by atoms with E-state index in [1.54, 1.807) is 16.7 Å². The van der Waals surface area contributed by atoms with Gasteiger partial charge < -0.3 is 10.0 Å². The quantitative estimate of drug-likeness (QED) is 0.888. The van der Waals surface area contributed by atoms with Gasteiger partial charge in [-0.15, -0.1) is 11.8 Å². The summed E-state index contributed by atoms with van der Waals surface area (Å²) in [4.78, 5) is 14.4. The van der Waals surface area contributed by atoms with Crippen LogP contribution in [0, 0.1) is 0 Å². The van der Waals surface area contributed by atoms with E-state index >= 15 is 0 Å². The average molecular weight is 265 g/mol. The Morgan fingerprint density at radius 3 is 2.72 bits per heavy atom. The molecule has 0 saturated carbocycles. The molecule has 0 aromatic heterocycles. The fraction of sp³-hybridized carbons (Fsp3) is 0.500. The maximum Gasteiger partial charge on any atom is 0.247 e. The average Bonchev–Trinajstić information content (AvgIpc) is 2.63. The van der Waals surface area contributed by atoms with Crippen molar-refractivity contribution in [2.45, 2.75) is 24.5 Å². The molecule has 1 heterocycles. The number of anilines is 1. The van der Waals surface area contributed by atoms with Gasteiger partial charge >= 0.3 is 0 Å². The molecule has 1 aromatic carbocycles. The number of benzene rings is 1. The molecule has 1 aromatic rings. The van der Waals surface area contributed by atoms with Gasteiger partial charge in [-0.3, -0.25) is 4.79 Å². The number of nitrogens with zero attached hydrogens (tertiary/aromatic N) is 1. The van der Waals surface area contributed by atoms with E-state index in [1.165, 1.54) is 0 Å². The Balaban J connectivity index is 2.53. The van der Waals surface area contributed by atoms with Crippen LogP contribution in [0.4, 0.5) is 5.69 Å². The standard InChI is InChI=1S/C14H19NO2S/c1-3-8-14(18-2)11-6-4-5-7-12(11)15(9-10-16)13(14)17/h4-7,16H,3,8-10H2,1-2H3. The highest BCUT2D eigenvalue weighted by atomic mass is 32.2. The van der Waals surface area contributed by atoms with Gasteiger partial charge in [-0.05, 0) is 18.7 Å². The number of carbonyl (C=O) groups is 1. The molecule has 1 amide bonds. The highest BCUT2D eigenvalue weighted by Crippen LogP contribution is 2.50. The van der Waals surface area contributed by atoms with Gasteiger partial charge in [0.05, 0.1) is 6.61 Å². The van der Waals surface area contributed by atoms with E-state index < -0.39 is 4.75 Å². The van der Waals surface area contributed by atoms with Gasteiger partial charge in [0.1, 0.15) is 4.75 Å². The number of aliphatic hydroxyl groups is 1. The molecule has 1 N–H and O–H groups in total. The Hall–Kier alpha value is -1.00. The SMILES string of the molecule is CCCC1(SC)C(=O)N(CCO)c2ccccc21. The van der Waals surface area contributed by atoms with Crippen LogP contribution >= 0.6 is 11.8 Å². The van der Waals surface area contributed by atoms with Crippen molar-refractivity contribution in [2.75, 3.05) is 24.3 Å². The van der Waals surface area contributed by atoms with E-state index in [4.69, 9.17) is 5.11 Å². The number of amides is 1. The third kappa shape index (κ3) is 1.84. The number of hydrogen-bond donors (Lipinski definition) is 1. The van der Waals surface area contributed by atoms with Crippen molar-refractivity contribution < 1.29 is 9.90 Å². The number of para-hydroxylation sites is 1. The Morgan fingerprint density at radius 2 is 2.11 bits per heavy atom. The minimum absolute atomic E-state index is 0.00331. The van der Waals surface area contributed by atoms with Crippen molar-refractivity contribution in [1.82, 2.24) is 0 Å². The van der Waals surface area contributed by atoms with Gasteiger partial charge in [-0.2, -0.15) is 0 Å². The molecular formula is C14H19NO2S. The number of β-amino-alcohol motifs (C(OH)–C–C–N with tert-alkyl or cyclic N) is 1. The number of aliphatic hydroxyl groups excluding tert-OH is 1. The van der Waals surface area contributed by atoms with E-state index in [1.807, 2.05) is 30.5 Å². The predicted octanol–water partition coefficient (Wildman–Crippen LogP) is 2.38. The summed E-state index contributed by atoms with van der Waals surface area (Å²) in [5.41, 5.74) is 2.05. The highest BCUT2D eigenvalue weighted by molar-refractivity contribution is 8.00. The third-order valence-electron chi connectivity index (χ3n) is 3.49. The fourth-order valence-electron chi connectivity index (χ4n) is 2.71. The molecule has 18 heavy (non-hydrogen) atoms. The molecule has 0 aliphatic carbocycles. The zero-order chi connectivity index (χ0) is 13.2. The summed E-state index contributed by atoms with van der Waals surface area (Å²) in [5, 5.41) is 9.14. The van der Waals surface area contributed by atoms with E-state index in [-0.39, 0.29) is 12.5 Å². The molecular weight excluding hydrogens is 246 g/mol. The normalized spacial score (nSPS) is 22.4. The minimum atomic E-state index is -0.458. The van der Waals surface area contributed by atoms with Crippen LogP contribution < -0.4 is 4.90 Å². The van der Waals surface area contributed by atoms with Crippen LogP contribution in [0.2, 0.25) is 0 Å². The number of thioether (sulfide) groups is 1. The van der Waals surface area contributed by atoms with Gasteiger partial charge in [0.15, 0.2) is 0 Å². The van der Waals surface area contributed by atoms with Gasteiger partial charge in [0, 0.05) is 17.8 Å². The Labute approximate surface area is 112 Å². The summed E-state index contributed by atoms with van der Waals surface area (Å²) in [6.07, 6.45) is 3.80. The van der Waals surface area contributed by atoms with Gasteiger partial charge in [0.2, 0.25) is 5.91 Å². The fourth-order valence-corrected chi connectivity index (χ4v) is 3.79. The van der Waals surface area contributed by atoms with Crippen LogP contribution in [0.3, 0.4) is 0 Å². The van der Waals surface area contributed by atoms with Gasteiger partial charge in [-0.25, -0.2) is 0 Å². The molecule has 4 heteroatoms. The molecule has 2 rings (SSSR count). The van der Waals surface area contributed by atoms with Gasteiger partial charge in [0.25, 0.3) is 0 Å². The zero-order valence-corrected chi connectivity index (χ0v) is 11.7. The number of hydrogen-bond acceptors (Lipinski definition) is 3. The molecule has 0 bridgehead atoms. The van der Waals surface area contributed by atoms with Crippen molar-refractivity contribution in [3.63, 3.8) is 0 Å². The highest BCUT2D eigenvalue weighted by Gasteiger charge is 2.49. The molecule has 1 aliphatic rings. The lowest BCUT2D eigenvalue weighted by Gasteiger charge is -2.26. The number of rotatable bonds is 5. The molecule has 1 atom stereocenters. The second-order valence-corrected chi connectivity index (χ2v) is 5.58. The topological polar surface area (TPSA) is 40.5 Å². The summed E-state index contributed by atoms with van der Waals surface area (Å²) < 4.78 is -0.458. The first-order chi connectivity index (χ1) is 8.71. The van der Waals surface area contributed by atoms with E-state index in [0.717, 1.165) is 24.1 Å². The van der Waals surface area contributed by atoms with Crippen molar-refractivity contribution in [3.05, 3.63) is 29.8 Å². The van der Waals surface area contributed by atoms with Crippen molar-refractivity contribution in [3.8, 4) is 0 Å². The van der Waals surface area contributed by atoms with Crippen LogP contribution in [0.5, 0.6) is 0 Å². The Morgan fingerprint density at radius 1 is 1.39 bits per heavy atom. The lowest BCUT2D eigenvalue weighted by Crippen LogP contribution is -2.39. The second-order valence-electron chi connectivity index (χ2n) is 4.48. The van der Waals surface area contributed by atoms with E-state index in [0.29, 0.717) is 6.54 Å². The summed E-state index contributed by atoms with van der Waals surface area (Å²) >= 11 is 1.61. The zero-order valence-electron chi connectivity index (χ0n) is 10.8. The lowest BCUT2D eigenvalue weighted by atomic mass is 9.95. The second kappa shape index (κ2) is 5.33. The van der Waals surface area contributed by atoms with Crippen LogP contribution in [0.25, 0.3) is 0 Å². The van der Waals surface area contributed by atoms with E-state index in [9.17, 15) is 4.79 Å². The molecule has 98 valence electrons. The van der Waals surface area contributed by atoms with Crippen LogP contribution in [-0.4, -0.2) is 30.4 Å². The summed E-state index contributed by atoms with van der Waals surface area (Å²) in [7, 11) is 0. The van der Waals surface area contributed by atoms with E-state index in [2.05, 4.69) is 6.92 Å². The Kier molecular flexibility index (Phi) is 3.97. The summed E-state index contributed by atoms with van der Waals surface area (Å²) in [6, 6.07) is 7.93. The molecule has 0 spiro atoms. The first-order valence-electron chi connectivity index (χ1n) is 6.28. The first kappa shape index (κ1) is 13.4. The Bertz CT molecular complexity index is 449. The monoisotopic (exact) mass is 265 g/mol. The van der Waals surface area contributed by atoms with Crippen molar-refractivity contribution in [2.24, 2.45) is 0 Å². The summed E-state index contributed by atoms with van der Waals surface area (Å²) in [6.45, 7) is 2.47. The maximum atomic E-state index is 12.7. The molecule has 0 saturated heterocycles. The van der Waals surface area contributed by atoms with Crippen molar-refractivity contribution >= 4 is 23.4 Å². The predicted molar refractivity (Wildman–Crippen MR) is 76.0 cm³/mol. The van der Waals surface area contributed by atoms with Crippen LogP contribution in [0.15, 0.2) is 24.3 Å². The van der Waals surface area contributed by atoms with Crippen molar-refractivity contribution in [1.29, 1.82) is 0 Å². The van der Waals surface area contributed by atoms with Crippen LogP contribution in [0.1, 0.15) is 25.3 Å². The van der Waals surface area contributed by atoms with Crippen LogP contribution in [-0.2, 0) is 9.54 Å². The lowest BCUT2D eigenvalue weighted by molar-refractivity contribution is -0.120. The third-order valence-corrected chi connectivity index (χ3v) is 4.79.